The number of allylic oxidation sites excluding steroid dienone is 1. The normalized spacial score (nSPS) is 22.8. The van der Waals surface area contributed by atoms with E-state index in [0.29, 0.717) is 19.3 Å². The highest BCUT2D eigenvalue weighted by Gasteiger charge is 2.37. The third kappa shape index (κ3) is 4.22. The molecule has 1 aromatic rings. The number of rotatable bonds is 5. The molecule has 0 amide bonds. The van der Waals surface area contributed by atoms with Crippen LogP contribution < -0.4 is 10.6 Å². The lowest BCUT2D eigenvalue weighted by Gasteiger charge is -2.27. The average molecular weight is 375 g/mol. The van der Waals surface area contributed by atoms with Crippen molar-refractivity contribution in [3.05, 3.63) is 11.7 Å². The molecule has 0 aromatic carbocycles. The van der Waals surface area contributed by atoms with Gasteiger partial charge in [0.25, 0.3) is 0 Å². The maximum atomic E-state index is 14.3. The molecular weight excluding hydrogens is 354 g/mol. The number of alkyl halides is 3. The number of hydrogen-bond acceptors (Lipinski definition) is 6. The highest BCUT2D eigenvalue weighted by molar-refractivity contribution is 5.65. The van der Waals surface area contributed by atoms with E-state index in [9.17, 15) is 22.7 Å². The molecule has 144 valence electrons. The van der Waals surface area contributed by atoms with Gasteiger partial charge < -0.3 is 15.7 Å². The van der Waals surface area contributed by atoms with Crippen LogP contribution in [0.4, 0.5) is 29.5 Å². The Labute approximate surface area is 148 Å². The summed E-state index contributed by atoms with van der Waals surface area (Å²) in [6.07, 6.45) is -1.67. The Bertz CT molecular complexity index is 690. The lowest BCUT2D eigenvalue weighted by Crippen LogP contribution is -2.34. The minimum atomic E-state index is -4.47. The van der Waals surface area contributed by atoms with Crippen molar-refractivity contribution < 1.29 is 22.7 Å². The molecule has 0 bridgehead atoms. The first kappa shape index (κ1) is 18.8. The Morgan fingerprint density at radius 3 is 2.38 bits per heavy atom. The number of nitrogens with zero attached hydrogens (tertiary/aromatic N) is 3. The van der Waals surface area contributed by atoms with Gasteiger partial charge in [-0.05, 0) is 45.4 Å². The monoisotopic (exact) mass is 375 g/mol. The van der Waals surface area contributed by atoms with Gasteiger partial charge in [-0.3, -0.25) is 0 Å². The van der Waals surface area contributed by atoms with Crippen LogP contribution in [-0.4, -0.2) is 44.4 Å². The van der Waals surface area contributed by atoms with E-state index in [-0.39, 0.29) is 29.3 Å². The number of aliphatic hydroxyl groups is 1. The molecule has 0 saturated heterocycles. The van der Waals surface area contributed by atoms with Crippen LogP contribution in [0.3, 0.4) is 0 Å². The van der Waals surface area contributed by atoms with Gasteiger partial charge in [0.15, 0.2) is 5.82 Å². The summed E-state index contributed by atoms with van der Waals surface area (Å²) < 4.78 is 52.8. The van der Waals surface area contributed by atoms with E-state index in [1.165, 1.54) is 0 Å². The van der Waals surface area contributed by atoms with Crippen LogP contribution in [0, 0.1) is 0 Å². The van der Waals surface area contributed by atoms with Crippen molar-refractivity contribution in [2.45, 2.75) is 69.8 Å². The summed E-state index contributed by atoms with van der Waals surface area (Å²) in [6.45, 7) is 0.951. The maximum absolute atomic E-state index is 14.3. The van der Waals surface area contributed by atoms with Gasteiger partial charge in [-0.1, -0.05) is 0 Å². The molecule has 0 spiro atoms. The van der Waals surface area contributed by atoms with Crippen LogP contribution in [0.1, 0.15) is 51.3 Å². The van der Waals surface area contributed by atoms with Crippen molar-refractivity contribution in [3.63, 3.8) is 0 Å². The van der Waals surface area contributed by atoms with Crippen LogP contribution in [-0.2, 0) is 0 Å². The predicted octanol–water partition coefficient (Wildman–Crippen LogP) is 3.42. The maximum Gasteiger partial charge on any atom is 0.408 e. The van der Waals surface area contributed by atoms with Gasteiger partial charge in [0.05, 0.1) is 0 Å². The third-order valence-electron chi connectivity index (χ3n) is 4.67. The molecule has 3 rings (SSSR count). The Morgan fingerprint density at radius 2 is 1.77 bits per heavy atom. The molecule has 1 unspecified atom stereocenters. The number of anilines is 2. The standard InChI is InChI=1S/C16H21F4N5O/c1-8(16(18,19)20)21-14-23-13(10-6-3-7-11(26)12(10)17)24-15(25-14)22-9-4-2-5-9/h8-9,11,26H,2-7H2,1H3,(H2,21,22,23,24,25)/t8-,11?/m1/s1. The Kier molecular flexibility index (Phi) is 5.31. The molecule has 3 N–H and O–H groups in total. The van der Waals surface area contributed by atoms with Gasteiger partial charge >= 0.3 is 6.18 Å². The molecule has 0 aliphatic heterocycles. The van der Waals surface area contributed by atoms with Crippen LogP contribution in [0.5, 0.6) is 0 Å². The zero-order valence-electron chi connectivity index (χ0n) is 14.3. The van der Waals surface area contributed by atoms with Crippen molar-refractivity contribution in [3.8, 4) is 0 Å². The minimum absolute atomic E-state index is 0.0463. The molecular formula is C16H21F4N5O. The molecule has 1 saturated carbocycles. The number of aromatic nitrogens is 3. The highest BCUT2D eigenvalue weighted by Crippen LogP contribution is 2.33. The molecule has 2 aliphatic carbocycles. The van der Waals surface area contributed by atoms with Gasteiger partial charge in [0, 0.05) is 11.6 Å². The lowest BCUT2D eigenvalue weighted by atomic mass is 9.93. The van der Waals surface area contributed by atoms with E-state index in [0.717, 1.165) is 26.2 Å². The topological polar surface area (TPSA) is 83.0 Å². The number of hydrogen-bond donors (Lipinski definition) is 3. The lowest BCUT2D eigenvalue weighted by molar-refractivity contribution is -0.138. The van der Waals surface area contributed by atoms with Crippen LogP contribution in [0.2, 0.25) is 0 Å². The van der Waals surface area contributed by atoms with Gasteiger partial charge in [0.1, 0.15) is 18.0 Å². The second kappa shape index (κ2) is 7.34. The molecule has 1 fully saturated rings. The van der Waals surface area contributed by atoms with E-state index in [4.69, 9.17) is 0 Å². The molecule has 6 nitrogen and oxygen atoms in total. The Hall–Kier alpha value is -1.97. The van der Waals surface area contributed by atoms with Crippen LogP contribution >= 0.6 is 0 Å². The second-order valence-electron chi connectivity index (χ2n) is 6.72. The molecule has 26 heavy (non-hydrogen) atoms. The first-order valence-corrected chi connectivity index (χ1v) is 8.67. The molecule has 2 aliphatic rings. The summed E-state index contributed by atoms with van der Waals surface area (Å²) in [5.74, 6) is -0.944. The summed E-state index contributed by atoms with van der Waals surface area (Å²) in [5, 5.41) is 15.0. The zero-order chi connectivity index (χ0) is 18.9. The number of aliphatic hydroxyl groups excluding tert-OH is 1. The van der Waals surface area contributed by atoms with Crippen molar-refractivity contribution in [1.82, 2.24) is 15.0 Å². The van der Waals surface area contributed by atoms with Crippen molar-refractivity contribution in [1.29, 1.82) is 0 Å². The van der Waals surface area contributed by atoms with Crippen LogP contribution in [0.25, 0.3) is 5.57 Å². The number of halogens is 4. The van der Waals surface area contributed by atoms with Crippen LogP contribution in [0.15, 0.2) is 5.83 Å². The Morgan fingerprint density at radius 1 is 1.08 bits per heavy atom. The second-order valence-corrected chi connectivity index (χ2v) is 6.72. The van der Waals surface area contributed by atoms with E-state index in [1.54, 1.807) is 0 Å². The molecule has 10 heteroatoms. The summed E-state index contributed by atoms with van der Waals surface area (Å²) in [5.41, 5.74) is 0.116. The van der Waals surface area contributed by atoms with E-state index in [2.05, 4.69) is 25.6 Å². The third-order valence-corrected chi connectivity index (χ3v) is 4.67. The largest absolute Gasteiger partial charge is 0.408 e. The van der Waals surface area contributed by atoms with E-state index < -0.39 is 24.1 Å². The zero-order valence-corrected chi connectivity index (χ0v) is 14.3. The molecule has 1 aromatic heterocycles. The van der Waals surface area contributed by atoms with Gasteiger partial charge in [-0.15, -0.1) is 0 Å². The van der Waals surface area contributed by atoms with Gasteiger partial charge in [-0.2, -0.15) is 28.1 Å². The fraction of sp³-hybridized carbons (Fsp3) is 0.688. The Balaban J connectivity index is 1.93. The molecule has 2 atom stereocenters. The SMILES string of the molecule is C[C@@H](Nc1nc(NC2CCC2)nc(C2=C(F)C(O)CCC2)n1)C(F)(F)F. The smallest absolute Gasteiger partial charge is 0.386 e. The predicted molar refractivity (Wildman–Crippen MR) is 88.1 cm³/mol. The van der Waals surface area contributed by atoms with Crippen molar-refractivity contribution >= 4 is 17.5 Å². The van der Waals surface area contributed by atoms with Crippen molar-refractivity contribution in [2.24, 2.45) is 0 Å². The molecule has 1 heterocycles. The van der Waals surface area contributed by atoms with Gasteiger partial charge in [0.2, 0.25) is 11.9 Å². The summed E-state index contributed by atoms with van der Waals surface area (Å²) in [7, 11) is 0. The first-order chi connectivity index (χ1) is 12.2. The van der Waals surface area contributed by atoms with E-state index in [1.807, 2.05) is 0 Å². The van der Waals surface area contributed by atoms with Crippen molar-refractivity contribution in [2.75, 3.05) is 10.6 Å². The quantitative estimate of drug-likeness (QED) is 0.684. The first-order valence-electron chi connectivity index (χ1n) is 8.67. The summed E-state index contributed by atoms with van der Waals surface area (Å²) >= 11 is 0. The van der Waals surface area contributed by atoms with Gasteiger partial charge in [-0.25, -0.2) is 4.39 Å². The summed E-state index contributed by atoms with van der Waals surface area (Å²) in [4.78, 5) is 12.1. The van der Waals surface area contributed by atoms with E-state index >= 15 is 0 Å². The fourth-order valence-corrected chi connectivity index (χ4v) is 2.79. The molecule has 0 radical (unpaired) electrons. The highest BCUT2D eigenvalue weighted by atomic mass is 19.4. The summed E-state index contributed by atoms with van der Waals surface area (Å²) in [6, 6.07) is -1.72. The minimum Gasteiger partial charge on any atom is -0.386 e. The fourth-order valence-electron chi connectivity index (χ4n) is 2.79. The average Bonchev–Trinajstić information content (AvgIpc) is 2.52. The number of nitrogens with one attached hydrogen (secondary N) is 2.